The largest absolute Gasteiger partial charge is 0.387 e. The van der Waals surface area contributed by atoms with Gasteiger partial charge in [-0.1, -0.05) is 0 Å². The average Bonchev–Trinajstić information content (AvgIpc) is 3.07. The molecule has 3 rings (SSSR count). The third-order valence-corrected chi connectivity index (χ3v) is 7.26. The molecule has 27 heavy (non-hydrogen) atoms. The fraction of sp³-hybridized carbons (Fsp3) is 0.545. The molecule has 0 saturated carbocycles. The van der Waals surface area contributed by atoms with Crippen molar-refractivity contribution in [1.82, 2.24) is 19.5 Å². The first-order valence-electron chi connectivity index (χ1n) is 7.44. The van der Waals surface area contributed by atoms with Crippen molar-refractivity contribution in [2.75, 3.05) is 18.2 Å². The zero-order valence-corrected chi connectivity index (χ0v) is 15.3. The number of imidazole rings is 1. The molecule has 150 valence electrons. The molecule has 0 spiro atoms. The molecule has 0 bridgehead atoms. The highest BCUT2D eigenvalue weighted by Crippen LogP contribution is 2.55. The topological polar surface area (TPSA) is 223 Å². The number of nitrogen functional groups attached to an aromatic ring is 1. The maximum absolute atomic E-state index is 11.7. The summed E-state index contributed by atoms with van der Waals surface area (Å²) in [6.45, 7) is -0.688. The number of nitrogens with two attached hydrogens (primary N) is 1. The number of anilines is 1. The number of fused-ring (bicyclic) bond motifs is 1. The predicted molar refractivity (Wildman–Crippen MR) is 88.3 cm³/mol. The molecule has 0 amide bonds. The Morgan fingerprint density at radius 1 is 1.19 bits per heavy atom. The van der Waals surface area contributed by atoms with Gasteiger partial charge in [-0.3, -0.25) is 13.7 Å². The zero-order chi connectivity index (χ0) is 20.0. The van der Waals surface area contributed by atoms with Gasteiger partial charge < -0.3 is 39.9 Å². The summed E-state index contributed by atoms with van der Waals surface area (Å²) in [5.41, 5.74) is 6.17. The van der Waals surface area contributed by atoms with E-state index in [0.29, 0.717) is 0 Å². The van der Waals surface area contributed by atoms with Crippen LogP contribution in [0, 0.1) is 0 Å². The van der Waals surface area contributed by atoms with Crippen LogP contribution >= 0.6 is 15.2 Å². The second-order valence-electron chi connectivity index (χ2n) is 5.87. The smallest absolute Gasteiger partial charge is 0.340 e. The molecule has 0 radical (unpaired) electrons. The normalized spacial score (nSPS) is 28.5. The van der Waals surface area contributed by atoms with Gasteiger partial charge in [-0.15, -0.1) is 0 Å². The van der Waals surface area contributed by atoms with E-state index in [1.807, 2.05) is 0 Å². The van der Waals surface area contributed by atoms with Crippen LogP contribution in [-0.4, -0.2) is 75.2 Å². The maximum atomic E-state index is 11.7. The molecule has 5 atom stereocenters. The molecule has 1 aliphatic heterocycles. The summed E-state index contributed by atoms with van der Waals surface area (Å²) >= 11 is 0. The van der Waals surface area contributed by atoms with Crippen LogP contribution in [0.5, 0.6) is 0 Å². The van der Waals surface area contributed by atoms with E-state index in [1.165, 1.54) is 17.2 Å². The Kier molecular flexibility index (Phi) is 5.38. The quantitative estimate of drug-likeness (QED) is 0.286. The number of hydrogen-bond acceptors (Lipinski definition) is 10. The monoisotopic (exact) mass is 425 g/mol. The number of nitrogens with zero attached hydrogens (tertiary/aromatic N) is 4. The Bertz CT molecular complexity index is 932. The molecule has 3 heterocycles. The lowest BCUT2D eigenvalue weighted by Gasteiger charge is -2.18. The number of aromatic nitrogens is 4. The Hall–Kier alpha value is -1.47. The number of aliphatic hydroxyl groups is 2. The van der Waals surface area contributed by atoms with E-state index in [1.54, 1.807) is 0 Å². The van der Waals surface area contributed by atoms with Gasteiger partial charge in [0.05, 0.1) is 12.9 Å². The third kappa shape index (κ3) is 4.35. The van der Waals surface area contributed by atoms with Gasteiger partial charge in [-0.25, -0.2) is 15.0 Å². The summed E-state index contributed by atoms with van der Waals surface area (Å²) in [5, 5.41) is 20.3. The van der Waals surface area contributed by atoms with Crippen LogP contribution in [-0.2, 0) is 18.4 Å². The van der Waals surface area contributed by atoms with Crippen LogP contribution in [0.2, 0.25) is 0 Å². The second-order valence-corrected chi connectivity index (χ2v) is 9.86. The molecule has 1 saturated heterocycles. The van der Waals surface area contributed by atoms with Gasteiger partial charge >= 0.3 is 15.2 Å². The lowest BCUT2D eigenvalue weighted by molar-refractivity contribution is -0.0483. The highest BCUT2D eigenvalue weighted by atomic mass is 31.2. The van der Waals surface area contributed by atoms with E-state index < -0.39 is 52.2 Å². The van der Waals surface area contributed by atoms with Crippen LogP contribution < -0.4 is 5.73 Å². The lowest BCUT2D eigenvalue weighted by atomic mass is 10.1. The van der Waals surface area contributed by atoms with Crippen molar-refractivity contribution >= 4 is 32.2 Å². The standard InChI is InChI=1S/C11H17N5O9P2/c12-9-6-10(14-2-13-9)16(3-15-6)11-8(18)7(17)5(25-11)1-24-27(22,23)4-26(19,20)21/h2-3,5,7-8,11,17-18H,1,4H2,(H,22,23)(H2,12,13,14)(H2,19,20,21)/t5-,7+,8+,11-/m1/s1. The van der Waals surface area contributed by atoms with Gasteiger partial charge in [-0.2, -0.15) is 0 Å². The van der Waals surface area contributed by atoms with Crippen molar-refractivity contribution in [1.29, 1.82) is 0 Å². The van der Waals surface area contributed by atoms with Crippen LogP contribution in [0.1, 0.15) is 6.23 Å². The van der Waals surface area contributed by atoms with Crippen LogP contribution in [0.15, 0.2) is 12.7 Å². The minimum Gasteiger partial charge on any atom is -0.387 e. The number of hydrogen-bond donors (Lipinski definition) is 6. The van der Waals surface area contributed by atoms with Gasteiger partial charge in [0, 0.05) is 0 Å². The van der Waals surface area contributed by atoms with Gasteiger partial charge in [-0.05, 0) is 0 Å². The molecule has 0 aliphatic carbocycles. The van der Waals surface area contributed by atoms with Gasteiger partial charge in [0.2, 0.25) is 0 Å². The van der Waals surface area contributed by atoms with Gasteiger partial charge in [0.25, 0.3) is 0 Å². The Labute approximate surface area is 151 Å². The minimum atomic E-state index is -4.79. The van der Waals surface area contributed by atoms with E-state index in [-0.39, 0.29) is 17.0 Å². The first-order valence-corrected chi connectivity index (χ1v) is 11.0. The van der Waals surface area contributed by atoms with Crippen molar-refractivity contribution < 1.29 is 43.3 Å². The zero-order valence-electron chi connectivity index (χ0n) is 13.5. The summed E-state index contributed by atoms with van der Waals surface area (Å²) < 4.78 is 33.9. The number of aliphatic hydroxyl groups excluding tert-OH is 2. The van der Waals surface area contributed by atoms with Crippen LogP contribution in [0.3, 0.4) is 0 Å². The molecule has 2 aromatic heterocycles. The van der Waals surface area contributed by atoms with Crippen LogP contribution in [0.4, 0.5) is 5.82 Å². The number of ether oxygens (including phenoxy) is 1. The maximum Gasteiger partial charge on any atom is 0.340 e. The molecule has 7 N–H and O–H groups in total. The fourth-order valence-electron chi connectivity index (χ4n) is 2.62. The predicted octanol–water partition coefficient (Wildman–Crippen LogP) is -1.64. The molecule has 1 unspecified atom stereocenters. The molecule has 1 fully saturated rings. The lowest BCUT2D eigenvalue weighted by Crippen LogP contribution is -2.33. The van der Waals surface area contributed by atoms with Crippen molar-refractivity contribution in [2.45, 2.75) is 24.5 Å². The molecular weight excluding hydrogens is 408 g/mol. The molecular formula is C11H17N5O9P2. The Morgan fingerprint density at radius 3 is 2.56 bits per heavy atom. The van der Waals surface area contributed by atoms with Crippen molar-refractivity contribution in [3.05, 3.63) is 12.7 Å². The molecule has 16 heteroatoms. The Morgan fingerprint density at radius 2 is 1.89 bits per heavy atom. The molecule has 14 nitrogen and oxygen atoms in total. The SMILES string of the molecule is Nc1ncnc2c1ncn2[C@@H]1O[C@H](COP(=O)(O)CP(=O)(O)O)[C@H](O)[C@@H]1O. The molecule has 0 aromatic carbocycles. The first-order chi connectivity index (χ1) is 12.5. The van der Waals surface area contributed by atoms with Crippen LogP contribution in [0.25, 0.3) is 11.2 Å². The summed E-state index contributed by atoms with van der Waals surface area (Å²) in [7, 11) is -9.42. The highest BCUT2D eigenvalue weighted by molar-refractivity contribution is 7.70. The average molecular weight is 425 g/mol. The van der Waals surface area contributed by atoms with Crippen molar-refractivity contribution in [3.8, 4) is 0 Å². The summed E-state index contributed by atoms with van der Waals surface area (Å²) in [4.78, 5) is 38.8. The highest BCUT2D eigenvalue weighted by Gasteiger charge is 2.45. The van der Waals surface area contributed by atoms with Gasteiger partial charge in [0.15, 0.2) is 23.6 Å². The van der Waals surface area contributed by atoms with Crippen molar-refractivity contribution in [2.24, 2.45) is 0 Å². The Balaban J connectivity index is 1.75. The summed E-state index contributed by atoms with van der Waals surface area (Å²) in [5.74, 6) is -1.28. The van der Waals surface area contributed by atoms with Gasteiger partial charge in [0.1, 0.15) is 30.2 Å². The van der Waals surface area contributed by atoms with E-state index in [2.05, 4.69) is 19.5 Å². The molecule has 1 aliphatic rings. The van der Waals surface area contributed by atoms with Crippen molar-refractivity contribution in [3.63, 3.8) is 0 Å². The van der Waals surface area contributed by atoms with E-state index in [0.717, 1.165) is 0 Å². The number of rotatable bonds is 6. The molecule has 2 aromatic rings. The third-order valence-electron chi connectivity index (χ3n) is 3.80. The second kappa shape index (κ2) is 7.17. The van der Waals surface area contributed by atoms with E-state index in [4.69, 9.17) is 20.3 Å². The first kappa shape index (κ1) is 20.3. The minimum absolute atomic E-state index is 0.102. The van der Waals surface area contributed by atoms with E-state index in [9.17, 15) is 24.2 Å². The fourth-order valence-corrected chi connectivity index (χ4v) is 5.19. The summed E-state index contributed by atoms with van der Waals surface area (Å²) in [6.07, 6.45) is -2.94. The van der Waals surface area contributed by atoms with E-state index >= 15 is 0 Å². The summed E-state index contributed by atoms with van der Waals surface area (Å²) in [6, 6.07) is 0.